The number of aryl methyl sites for hydroxylation is 1. The van der Waals surface area contributed by atoms with Gasteiger partial charge in [-0.05, 0) is 67.1 Å². The van der Waals surface area contributed by atoms with E-state index >= 15 is 0 Å². The molecule has 0 saturated carbocycles. The first-order valence-corrected chi connectivity index (χ1v) is 13.9. The van der Waals surface area contributed by atoms with Gasteiger partial charge in [0.05, 0.1) is 17.3 Å². The predicted molar refractivity (Wildman–Crippen MR) is 153 cm³/mol. The average Bonchev–Trinajstić information content (AvgIpc) is 3.29. The summed E-state index contributed by atoms with van der Waals surface area (Å²) in [6, 6.07) is 19.9. The van der Waals surface area contributed by atoms with Crippen molar-refractivity contribution in [3.8, 4) is 11.4 Å². The number of carbonyl (C=O) groups excluding carboxylic acids is 2. The van der Waals surface area contributed by atoms with Gasteiger partial charge < -0.3 is 15.4 Å². The lowest BCUT2D eigenvalue weighted by Crippen LogP contribution is -2.29. The van der Waals surface area contributed by atoms with Gasteiger partial charge >= 0.3 is 0 Å². The smallest absolute Gasteiger partial charge is 0.258 e. The van der Waals surface area contributed by atoms with Gasteiger partial charge in [-0.15, -0.1) is 10.2 Å². The summed E-state index contributed by atoms with van der Waals surface area (Å²) < 4.78 is 8.21. The van der Waals surface area contributed by atoms with Gasteiger partial charge in [-0.25, -0.2) is 0 Å². The minimum atomic E-state index is -0.367. The van der Waals surface area contributed by atoms with Crippen molar-refractivity contribution in [2.24, 2.45) is 0 Å². The molecular weight excluding hydrogens is 613 g/mol. The highest BCUT2D eigenvalue weighted by molar-refractivity contribution is 9.10. The van der Waals surface area contributed by atoms with Gasteiger partial charge in [0.2, 0.25) is 5.91 Å². The van der Waals surface area contributed by atoms with Crippen LogP contribution in [0.5, 0.6) is 5.75 Å². The maximum Gasteiger partial charge on any atom is 0.258 e. The third kappa shape index (κ3) is 7.73. The van der Waals surface area contributed by atoms with Crippen molar-refractivity contribution in [1.29, 1.82) is 0 Å². The third-order valence-electron chi connectivity index (χ3n) is 5.12. The third-order valence-corrected chi connectivity index (χ3v) is 7.10. The Morgan fingerprint density at radius 1 is 1.03 bits per heavy atom. The first kappa shape index (κ1) is 28.0. The van der Waals surface area contributed by atoms with E-state index in [-0.39, 0.29) is 30.7 Å². The van der Waals surface area contributed by atoms with E-state index < -0.39 is 0 Å². The fraction of sp³-hybridized carbons (Fsp3) is 0.154. The van der Waals surface area contributed by atoms with Crippen LogP contribution in [0.1, 0.15) is 11.4 Å². The Kier molecular flexibility index (Phi) is 9.68. The predicted octanol–water partition coefficient (Wildman–Crippen LogP) is 6.07. The van der Waals surface area contributed by atoms with Crippen LogP contribution >= 0.6 is 50.9 Å². The van der Waals surface area contributed by atoms with E-state index in [9.17, 15) is 9.59 Å². The number of ether oxygens (including phenoxy) is 1. The van der Waals surface area contributed by atoms with Gasteiger partial charge in [0.15, 0.2) is 17.6 Å². The highest BCUT2D eigenvalue weighted by Gasteiger charge is 2.17. The Morgan fingerprint density at radius 3 is 2.55 bits per heavy atom. The Balaban J connectivity index is 1.42. The molecule has 2 N–H and O–H groups in total. The minimum Gasteiger partial charge on any atom is -0.482 e. The zero-order chi connectivity index (χ0) is 27.1. The Bertz CT molecular complexity index is 1450. The van der Waals surface area contributed by atoms with Crippen molar-refractivity contribution in [2.75, 3.05) is 17.7 Å². The lowest BCUT2D eigenvalue weighted by molar-refractivity contribution is -0.123. The zero-order valence-corrected chi connectivity index (χ0v) is 24.0. The summed E-state index contributed by atoms with van der Waals surface area (Å²) in [5.41, 5.74) is 2.57. The lowest BCUT2D eigenvalue weighted by atomic mass is 10.2. The van der Waals surface area contributed by atoms with Gasteiger partial charge in [-0.3, -0.25) is 14.2 Å². The maximum atomic E-state index is 12.6. The number of nitrogens with zero attached hydrogens (tertiary/aromatic N) is 3. The SMILES string of the molecule is Cc1cccc(NC(=O)CSc2nnc(CNC(=O)COc3ccc(Cl)cc3Cl)n2-c2ccc(Br)cc2)c1. The number of hydrogen-bond acceptors (Lipinski definition) is 6. The van der Waals surface area contributed by atoms with Crippen LogP contribution in [-0.2, 0) is 16.1 Å². The zero-order valence-electron chi connectivity index (χ0n) is 20.1. The fourth-order valence-electron chi connectivity index (χ4n) is 3.37. The number of nitrogens with one attached hydrogen (secondary N) is 2. The normalized spacial score (nSPS) is 10.7. The number of hydrogen-bond donors (Lipinski definition) is 2. The van der Waals surface area contributed by atoms with E-state index in [0.29, 0.717) is 26.8 Å². The largest absolute Gasteiger partial charge is 0.482 e. The van der Waals surface area contributed by atoms with Crippen molar-refractivity contribution in [1.82, 2.24) is 20.1 Å². The van der Waals surface area contributed by atoms with Crippen LogP contribution in [0.2, 0.25) is 10.0 Å². The molecule has 0 atom stereocenters. The molecule has 0 bridgehead atoms. The molecular formula is C26H22BrCl2N5O3S. The van der Waals surface area contributed by atoms with E-state index in [1.165, 1.54) is 17.8 Å². The van der Waals surface area contributed by atoms with Gasteiger partial charge in [0.1, 0.15) is 5.75 Å². The van der Waals surface area contributed by atoms with Crippen LogP contribution in [0, 0.1) is 6.92 Å². The number of benzene rings is 3. The minimum absolute atomic E-state index is 0.0929. The molecule has 1 heterocycles. The summed E-state index contributed by atoms with van der Waals surface area (Å²) in [5, 5.41) is 15.5. The molecule has 0 spiro atoms. The molecule has 0 unspecified atom stereocenters. The Hall–Kier alpha value is -3.05. The molecule has 0 saturated heterocycles. The number of aromatic nitrogens is 3. The second kappa shape index (κ2) is 13.1. The topological polar surface area (TPSA) is 98.1 Å². The number of carbonyl (C=O) groups is 2. The molecule has 4 rings (SSSR count). The standard InChI is InChI=1S/C26H22BrCl2N5O3S/c1-16-3-2-4-19(11-16)31-25(36)15-38-26-33-32-23(34(26)20-8-5-17(27)6-9-20)13-30-24(35)14-37-22-10-7-18(28)12-21(22)29/h2-12H,13-15H2,1H3,(H,30,35)(H,31,36). The van der Waals surface area contributed by atoms with Crippen LogP contribution in [0.15, 0.2) is 76.4 Å². The van der Waals surface area contributed by atoms with Crippen LogP contribution in [0.3, 0.4) is 0 Å². The first-order chi connectivity index (χ1) is 18.3. The number of rotatable bonds is 10. The first-order valence-electron chi connectivity index (χ1n) is 11.3. The van der Waals surface area contributed by atoms with Crippen molar-refractivity contribution in [3.63, 3.8) is 0 Å². The van der Waals surface area contributed by atoms with E-state index in [1.807, 2.05) is 55.5 Å². The molecule has 12 heteroatoms. The molecule has 4 aromatic rings. The van der Waals surface area contributed by atoms with E-state index in [4.69, 9.17) is 27.9 Å². The van der Waals surface area contributed by atoms with Gasteiger partial charge in [-0.2, -0.15) is 0 Å². The highest BCUT2D eigenvalue weighted by Crippen LogP contribution is 2.27. The molecule has 0 fully saturated rings. The second-order valence-corrected chi connectivity index (χ2v) is 10.8. The van der Waals surface area contributed by atoms with Crippen LogP contribution in [-0.4, -0.2) is 38.9 Å². The maximum absolute atomic E-state index is 12.6. The number of amides is 2. The molecule has 0 radical (unpaired) electrons. The lowest BCUT2D eigenvalue weighted by Gasteiger charge is -2.12. The molecule has 38 heavy (non-hydrogen) atoms. The van der Waals surface area contributed by atoms with Crippen molar-refractivity contribution in [3.05, 3.63) is 92.6 Å². The van der Waals surface area contributed by atoms with E-state index in [0.717, 1.165) is 21.4 Å². The van der Waals surface area contributed by atoms with Crippen LogP contribution in [0.25, 0.3) is 5.69 Å². The van der Waals surface area contributed by atoms with Gasteiger partial charge in [-0.1, -0.05) is 63.0 Å². The molecule has 0 aliphatic heterocycles. The van der Waals surface area contributed by atoms with E-state index in [1.54, 1.807) is 16.7 Å². The van der Waals surface area contributed by atoms with Gasteiger partial charge in [0.25, 0.3) is 5.91 Å². The van der Waals surface area contributed by atoms with Gasteiger partial charge in [0, 0.05) is 20.9 Å². The summed E-state index contributed by atoms with van der Waals surface area (Å²) in [7, 11) is 0. The summed E-state index contributed by atoms with van der Waals surface area (Å²) in [6.07, 6.45) is 0. The van der Waals surface area contributed by atoms with Crippen molar-refractivity contribution < 1.29 is 14.3 Å². The summed E-state index contributed by atoms with van der Waals surface area (Å²) >= 11 is 16.7. The molecule has 8 nitrogen and oxygen atoms in total. The van der Waals surface area contributed by atoms with E-state index in [2.05, 4.69) is 36.8 Å². The highest BCUT2D eigenvalue weighted by atomic mass is 79.9. The Morgan fingerprint density at radius 2 is 1.82 bits per heavy atom. The molecule has 0 aliphatic rings. The number of halogens is 3. The van der Waals surface area contributed by atoms with Crippen molar-refractivity contribution in [2.45, 2.75) is 18.6 Å². The van der Waals surface area contributed by atoms with Crippen LogP contribution < -0.4 is 15.4 Å². The average molecular weight is 635 g/mol. The van der Waals surface area contributed by atoms with Crippen molar-refractivity contribution >= 4 is 68.4 Å². The molecule has 2 amide bonds. The molecule has 3 aromatic carbocycles. The van der Waals surface area contributed by atoms with Crippen LogP contribution in [0.4, 0.5) is 5.69 Å². The molecule has 1 aromatic heterocycles. The summed E-state index contributed by atoms with van der Waals surface area (Å²) in [4.78, 5) is 25.0. The quantitative estimate of drug-likeness (QED) is 0.206. The summed E-state index contributed by atoms with van der Waals surface area (Å²) in [6.45, 7) is 1.81. The number of anilines is 1. The fourth-order valence-corrected chi connectivity index (χ4v) is 4.87. The molecule has 196 valence electrons. The summed E-state index contributed by atoms with van der Waals surface area (Å²) in [5.74, 6) is 0.440. The Labute approximate surface area is 242 Å². The monoisotopic (exact) mass is 633 g/mol. The number of thioether (sulfide) groups is 1. The molecule has 0 aliphatic carbocycles. The second-order valence-electron chi connectivity index (χ2n) is 8.06.